The third kappa shape index (κ3) is 2.50. The standard InChI is InChI=1S/C11H12ClN3O2/c1-6-11(16)15-8-3-2-7(4-9(8)17-6)14-10(13)5-12/h2-4,6H,5H2,1H3,(H2,13,14)(H,15,16). The maximum Gasteiger partial charge on any atom is 0.265 e. The number of fused-ring (bicyclic) bond motifs is 1. The fraction of sp³-hybridized carbons (Fsp3) is 0.273. The van der Waals surface area contributed by atoms with E-state index in [1.165, 1.54) is 0 Å². The van der Waals surface area contributed by atoms with Gasteiger partial charge < -0.3 is 15.8 Å². The van der Waals surface area contributed by atoms with Gasteiger partial charge in [-0.25, -0.2) is 4.99 Å². The number of benzene rings is 1. The molecule has 1 atom stereocenters. The Kier molecular flexibility index (Phi) is 3.19. The number of nitrogens with one attached hydrogen (secondary N) is 1. The Bertz CT molecular complexity index is 488. The van der Waals surface area contributed by atoms with Gasteiger partial charge >= 0.3 is 0 Å². The predicted molar refractivity (Wildman–Crippen MR) is 67.2 cm³/mol. The van der Waals surface area contributed by atoms with E-state index in [4.69, 9.17) is 22.1 Å². The molecule has 0 spiro atoms. The molecular weight excluding hydrogens is 242 g/mol. The first kappa shape index (κ1) is 11.7. The molecule has 1 aromatic carbocycles. The van der Waals surface area contributed by atoms with E-state index in [0.717, 1.165) is 0 Å². The maximum atomic E-state index is 11.4. The van der Waals surface area contributed by atoms with Gasteiger partial charge in [0.15, 0.2) is 6.10 Å². The third-order valence-corrected chi connectivity index (χ3v) is 2.58. The molecule has 0 fully saturated rings. The number of halogens is 1. The molecule has 5 nitrogen and oxygen atoms in total. The Hall–Kier alpha value is -1.75. The average molecular weight is 254 g/mol. The minimum absolute atomic E-state index is 0.158. The van der Waals surface area contributed by atoms with Gasteiger partial charge in [0.1, 0.15) is 11.6 Å². The second-order valence-electron chi connectivity index (χ2n) is 3.67. The molecule has 1 amide bonds. The van der Waals surface area contributed by atoms with E-state index in [9.17, 15) is 4.79 Å². The zero-order valence-electron chi connectivity index (χ0n) is 9.24. The van der Waals surface area contributed by atoms with Gasteiger partial charge in [-0.3, -0.25) is 4.79 Å². The molecule has 17 heavy (non-hydrogen) atoms. The Labute approximate surface area is 104 Å². The minimum Gasteiger partial charge on any atom is -0.479 e. The van der Waals surface area contributed by atoms with Crippen molar-refractivity contribution in [1.82, 2.24) is 0 Å². The summed E-state index contributed by atoms with van der Waals surface area (Å²) in [4.78, 5) is 15.5. The molecule has 1 heterocycles. The molecule has 0 bridgehead atoms. The quantitative estimate of drug-likeness (QED) is 0.478. The highest BCUT2D eigenvalue weighted by Gasteiger charge is 2.23. The molecule has 3 N–H and O–H groups in total. The Morgan fingerprint density at radius 3 is 3.12 bits per heavy atom. The highest BCUT2D eigenvalue weighted by atomic mass is 35.5. The van der Waals surface area contributed by atoms with E-state index in [-0.39, 0.29) is 11.8 Å². The monoisotopic (exact) mass is 253 g/mol. The molecule has 6 heteroatoms. The summed E-state index contributed by atoms with van der Waals surface area (Å²) in [5, 5.41) is 2.73. The summed E-state index contributed by atoms with van der Waals surface area (Å²) in [5.41, 5.74) is 6.82. The highest BCUT2D eigenvalue weighted by molar-refractivity contribution is 6.28. The number of nitrogens with two attached hydrogens (primary N) is 1. The second-order valence-corrected chi connectivity index (χ2v) is 3.93. The van der Waals surface area contributed by atoms with Crippen molar-refractivity contribution in [1.29, 1.82) is 0 Å². The first-order valence-corrected chi connectivity index (χ1v) is 5.64. The fourth-order valence-corrected chi connectivity index (χ4v) is 1.52. The molecule has 1 aliphatic heterocycles. The number of carbonyl (C=O) groups is 1. The molecule has 1 unspecified atom stereocenters. The topological polar surface area (TPSA) is 76.7 Å². The molecule has 0 radical (unpaired) electrons. The van der Waals surface area contributed by atoms with E-state index in [1.54, 1.807) is 25.1 Å². The number of nitrogens with zero attached hydrogens (tertiary/aromatic N) is 1. The maximum absolute atomic E-state index is 11.4. The van der Waals surface area contributed by atoms with Crippen LogP contribution in [0.1, 0.15) is 6.92 Å². The van der Waals surface area contributed by atoms with E-state index in [0.29, 0.717) is 23.0 Å². The van der Waals surface area contributed by atoms with E-state index in [1.807, 2.05) is 0 Å². The zero-order chi connectivity index (χ0) is 12.4. The van der Waals surface area contributed by atoms with Gasteiger partial charge in [0.05, 0.1) is 17.3 Å². The fourth-order valence-electron chi connectivity index (χ4n) is 1.46. The Morgan fingerprint density at radius 1 is 1.65 bits per heavy atom. The minimum atomic E-state index is -0.507. The normalized spacial score (nSPS) is 19.3. The van der Waals surface area contributed by atoms with Crippen LogP contribution < -0.4 is 15.8 Å². The van der Waals surface area contributed by atoms with Gasteiger partial charge in [-0.15, -0.1) is 11.6 Å². The number of hydrogen-bond acceptors (Lipinski definition) is 3. The summed E-state index contributed by atoms with van der Waals surface area (Å²) in [5.74, 6) is 0.930. The smallest absolute Gasteiger partial charge is 0.265 e. The number of rotatable bonds is 2. The van der Waals surface area contributed by atoms with Gasteiger partial charge in [-0.1, -0.05) is 0 Å². The summed E-state index contributed by atoms with van der Waals surface area (Å²) in [6.07, 6.45) is -0.507. The van der Waals surface area contributed by atoms with E-state index < -0.39 is 6.10 Å². The lowest BCUT2D eigenvalue weighted by atomic mass is 10.2. The summed E-state index contributed by atoms with van der Waals surface area (Å²) in [7, 11) is 0. The first-order chi connectivity index (χ1) is 8.10. The molecule has 0 saturated carbocycles. The number of alkyl halides is 1. The van der Waals surface area contributed by atoms with E-state index >= 15 is 0 Å². The van der Waals surface area contributed by atoms with Crippen molar-refractivity contribution in [2.45, 2.75) is 13.0 Å². The molecule has 2 rings (SSSR count). The molecule has 0 aromatic heterocycles. The van der Waals surface area contributed by atoms with E-state index in [2.05, 4.69) is 10.3 Å². The van der Waals surface area contributed by atoms with Crippen LogP contribution in [0.2, 0.25) is 0 Å². The van der Waals surface area contributed by atoms with Gasteiger partial charge in [0, 0.05) is 6.07 Å². The third-order valence-electron chi connectivity index (χ3n) is 2.31. The number of aliphatic imine (C=N–C) groups is 1. The number of anilines is 1. The van der Waals surface area contributed by atoms with Gasteiger partial charge in [0.25, 0.3) is 5.91 Å². The van der Waals surface area contributed by atoms with Crippen LogP contribution in [0.15, 0.2) is 23.2 Å². The second kappa shape index (κ2) is 4.63. The van der Waals surface area contributed by atoms with Crippen LogP contribution in [0.3, 0.4) is 0 Å². The number of ether oxygens (including phenoxy) is 1. The van der Waals surface area contributed by atoms with Crippen LogP contribution in [0, 0.1) is 0 Å². The largest absolute Gasteiger partial charge is 0.479 e. The average Bonchev–Trinajstić information content (AvgIpc) is 2.31. The number of carbonyl (C=O) groups excluding carboxylic acids is 1. The van der Waals surface area contributed by atoms with Crippen molar-refractivity contribution in [2.75, 3.05) is 11.2 Å². The highest BCUT2D eigenvalue weighted by Crippen LogP contribution is 2.33. The van der Waals surface area contributed by atoms with Crippen LogP contribution in [0.25, 0.3) is 0 Å². The summed E-state index contributed by atoms with van der Waals surface area (Å²) < 4.78 is 5.44. The van der Waals surface area contributed by atoms with Crippen molar-refractivity contribution < 1.29 is 9.53 Å². The molecule has 90 valence electrons. The van der Waals surface area contributed by atoms with Crippen molar-refractivity contribution in [3.63, 3.8) is 0 Å². The molecular formula is C11H12ClN3O2. The van der Waals surface area contributed by atoms with Crippen molar-refractivity contribution >= 4 is 34.7 Å². The molecule has 1 aliphatic rings. The SMILES string of the molecule is CC1Oc2cc(N=C(N)CCl)ccc2NC1=O. The molecule has 0 saturated heterocycles. The summed E-state index contributed by atoms with van der Waals surface area (Å²) >= 11 is 5.54. The van der Waals surface area contributed by atoms with Crippen molar-refractivity contribution in [3.05, 3.63) is 18.2 Å². The van der Waals surface area contributed by atoms with Crippen LogP contribution in [-0.4, -0.2) is 23.7 Å². The van der Waals surface area contributed by atoms with Gasteiger partial charge in [-0.2, -0.15) is 0 Å². The van der Waals surface area contributed by atoms with Crippen LogP contribution >= 0.6 is 11.6 Å². The van der Waals surface area contributed by atoms with Crippen molar-refractivity contribution in [3.8, 4) is 5.75 Å². The summed E-state index contributed by atoms with van der Waals surface area (Å²) in [6.45, 7) is 1.68. The van der Waals surface area contributed by atoms with Gasteiger partial charge in [0.2, 0.25) is 0 Å². The number of hydrogen-bond donors (Lipinski definition) is 2. The lowest BCUT2D eigenvalue weighted by Crippen LogP contribution is -2.34. The Balaban J connectivity index is 2.32. The molecule has 1 aromatic rings. The predicted octanol–water partition coefficient (Wildman–Crippen LogP) is 1.63. The Morgan fingerprint density at radius 2 is 2.41 bits per heavy atom. The van der Waals surface area contributed by atoms with Crippen LogP contribution in [0.4, 0.5) is 11.4 Å². The lowest BCUT2D eigenvalue weighted by molar-refractivity contribution is -0.122. The lowest BCUT2D eigenvalue weighted by Gasteiger charge is -2.23. The first-order valence-electron chi connectivity index (χ1n) is 5.10. The number of amidine groups is 1. The van der Waals surface area contributed by atoms with Crippen molar-refractivity contribution in [2.24, 2.45) is 10.7 Å². The number of amides is 1. The van der Waals surface area contributed by atoms with Crippen LogP contribution in [0.5, 0.6) is 5.75 Å². The van der Waals surface area contributed by atoms with Crippen LogP contribution in [-0.2, 0) is 4.79 Å². The molecule has 0 aliphatic carbocycles. The zero-order valence-corrected chi connectivity index (χ0v) is 9.99. The summed E-state index contributed by atoms with van der Waals surface area (Å²) in [6, 6.07) is 5.17. The van der Waals surface area contributed by atoms with Gasteiger partial charge in [-0.05, 0) is 19.1 Å².